The maximum atomic E-state index is 16.8. The van der Waals surface area contributed by atoms with Crippen molar-refractivity contribution in [2.45, 2.75) is 143 Å². The molecule has 22 nitrogen and oxygen atoms in total. The van der Waals surface area contributed by atoms with Crippen LogP contribution in [0.2, 0.25) is 0 Å². The van der Waals surface area contributed by atoms with E-state index in [1.807, 2.05) is 125 Å². The van der Waals surface area contributed by atoms with Crippen molar-refractivity contribution in [2.75, 3.05) is 131 Å². The fourth-order valence-corrected chi connectivity index (χ4v) is 17.7. The number of carbonyl (C=O) groups excluding carboxylic acids is 6. The average molecular weight is 1570 g/mol. The van der Waals surface area contributed by atoms with Crippen LogP contribution in [0.4, 0.5) is 0 Å². The molecule has 6 fully saturated rings. The normalized spacial score (nSPS) is 20.2. The van der Waals surface area contributed by atoms with Gasteiger partial charge in [-0.1, -0.05) is 132 Å². The summed E-state index contributed by atoms with van der Waals surface area (Å²) in [4.78, 5) is 114. The highest BCUT2D eigenvalue weighted by Gasteiger charge is 2.49. The van der Waals surface area contributed by atoms with Gasteiger partial charge in [0.1, 0.15) is 58.1 Å². The first-order valence-corrected chi connectivity index (χ1v) is 42.1. The Morgan fingerprint density at radius 1 is 0.353 bits per heavy atom. The smallest absolute Gasteiger partial charge is 0.262 e. The Balaban J connectivity index is 0.872. The van der Waals surface area contributed by atoms with E-state index < -0.39 is 47.5 Å². The second-order valence-corrected chi connectivity index (χ2v) is 35.0. The summed E-state index contributed by atoms with van der Waals surface area (Å²) in [7, 11) is 0. The van der Waals surface area contributed by atoms with Crippen LogP contribution in [0.3, 0.4) is 0 Å². The summed E-state index contributed by atoms with van der Waals surface area (Å²) >= 11 is 0. The summed E-state index contributed by atoms with van der Waals surface area (Å²) in [5, 5.41) is 2.70. The molecule has 0 aromatic heterocycles. The highest BCUT2D eigenvalue weighted by Crippen LogP contribution is 2.59. The van der Waals surface area contributed by atoms with E-state index >= 15 is 28.8 Å². The Hall–Kier alpha value is -9.62. The van der Waals surface area contributed by atoms with Crippen LogP contribution in [0.15, 0.2) is 121 Å². The molecule has 6 unspecified atom stereocenters. The van der Waals surface area contributed by atoms with Crippen LogP contribution in [0.25, 0.3) is 43.1 Å². The first-order chi connectivity index (χ1) is 55.9. The molecule has 6 amide bonds. The zero-order valence-electron chi connectivity index (χ0n) is 68.9. The fraction of sp³-hybridized carbons (Fsp3) is 0.468. The van der Waals surface area contributed by atoms with E-state index in [0.717, 1.165) is 101 Å². The lowest BCUT2D eigenvalue weighted by atomic mass is 9.80. The number of ether oxygens (including phenoxy) is 8. The van der Waals surface area contributed by atoms with Crippen LogP contribution in [0.1, 0.15) is 170 Å². The number of imide groups is 2. The van der Waals surface area contributed by atoms with E-state index in [1.54, 1.807) is 34.1 Å². The van der Waals surface area contributed by atoms with E-state index in [0.29, 0.717) is 108 Å². The third-order valence-corrected chi connectivity index (χ3v) is 24.6. The van der Waals surface area contributed by atoms with Gasteiger partial charge in [0, 0.05) is 148 Å². The zero-order chi connectivity index (χ0) is 80.8. The van der Waals surface area contributed by atoms with E-state index in [2.05, 4.69) is 75.0 Å². The molecule has 0 spiro atoms. The number of hydrogen-bond donors (Lipinski definition) is 0. The van der Waals surface area contributed by atoms with Crippen LogP contribution in [0, 0.1) is 11.8 Å². The molecule has 0 saturated carbocycles. The van der Waals surface area contributed by atoms with Gasteiger partial charge in [-0.15, -0.1) is 0 Å². The van der Waals surface area contributed by atoms with Crippen molar-refractivity contribution in [1.29, 1.82) is 0 Å². The molecule has 8 aliphatic rings. The molecule has 0 bridgehead atoms. The predicted molar refractivity (Wildman–Crippen MR) is 446 cm³/mol. The third kappa shape index (κ3) is 16.0. The number of carbonyl (C=O) groups is 6. The van der Waals surface area contributed by atoms with Crippen molar-refractivity contribution in [3.8, 4) is 46.0 Å². The van der Waals surface area contributed by atoms with Gasteiger partial charge in [-0.3, -0.25) is 58.2 Å². The number of piperazine rings is 2. The summed E-state index contributed by atoms with van der Waals surface area (Å²) < 4.78 is 52.5. The molecule has 8 aliphatic heterocycles. The molecule has 6 saturated heterocycles. The van der Waals surface area contributed by atoms with Gasteiger partial charge in [0.05, 0.1) is 73.1 Å². The van der Waals surface area contributed by atoms with E-state index in [1.165, 1.54) is 9.80 Å². The van der Waals surface area contributed by atoms with Gasteiger partial charge in [0.15, 0.2) is 0 Å². The predicted octanol–water partition coefficient (Wildman–Crippen LogP) is 15.1. The van der Waals surface area contributed by atoms with Crippen LogP contribution in [-0.4, -0.2) is 242 Å². The van der Waals surface area contributed by atoms with E-state index in [-0.39, 0.29) is 116 Å². The van der Waals surface area contributed by atoms with Crippen molar-refractivity contribution >= 4 is 78.5 Å². The Kier molecular flexibility index (Phi) is 22.0. The van der Waals surface area contributed by atoms with Crippen molar-refractivity contribution in [3.63, 3.8) is 0 Å². The first kappa shape index (κ1) is 78.9. The fourth-order valence-electron chi connectivity index (χ4n) is 17.7. The highest BCUT2D eigenvalue weighted by molar-refractivity contribution is 6.45. The average Bonchev–Trinajstić information content (AvgIpc) is 1.46. The number of benzene rings is 9. The maximum Gasteiger partial charge on any atom is 0.262 e. The number of epoxide rings is 4. The standard InChI is InChI=1S/C94H108N8O14/c1-53(2)59-17-13-21-63(37-59)113-75-41-71-79-72(90(104)101(89(71)103)87(57(9)10)93(107)99-33-29-95(30-34-99)25-27-97(45-67-49-109-67)46-68-50-110-68)43-77(115-65-23-15-19-61(39-65)55(5)6)83-84-78(116-66-24-16-20-62(40-66)56(7)8)44-74-80-73(42-76(82(86(80)84)81(75)85(79)83)114-64-22-14-18-60(38-64)54(3)4)91(105)102(92(74)106)88(58(11)12)94(108)100-35-31-96(32-36-100)26-28-98(47-69-51-111-69)48-70-52-112-70/h13-24,37-44,53-58,67-70,87-88H,25-36,45-52H2,1-12H3. The van der Waals surface area contributed by atoms with Crippen LogP contribution < -0.4 is 18.9 Å². The molecule has 116 heavy (non-hydrogen) atoms. The molecule has 6 atom stereocenters. The minimum atomic E-state index is -1.25. The molecule has 0 N–H and O–H groups in total. The summed E-state index contributed by atoms with van der Waals surface area (Å²) in [6.07, 6.45) is 0.969. The summed E-state index contributed by atoms with van der Waals surface area (Å²) in [6, 6.07) is 35.4. The maximum absolute atomic E-state index is 16.8. The van der Waals surface area contributed by atoms with Crippen LogP contribution in [-0.2, 0) is 28.5 Å². The van der Waals surface area contributed by atoms with Gasteiger partial charge in [0.25, 0.3) is 23.6 Å². The number of rotatable bonds is 32. The van der Waals surface area contributed by atoms with Crippen molar-refractivity contribution in [1.82, 2.24) is 39.2 Å². The number of nitrogens with zero attached hydrogens (tertiary/aromatic N) is 8. The Bertz CT molecular complexity index is 4710. The molecular weight excluding hydrogens is 1470 g/mol. The van der Waals surface area contributed by atoms with Crippen LogP contribution >= 0.6 is 0 Å². The largest absolute Gasteiger partial charge is 0.457 e. The summed E-state index contributed by atoms with van der Waals surface area (Å²) in [5.74, 6) is -1.92. The minimum absolute atomic E-state index is 0.0689. The SMILES string of the molecule is CC(C)c1cccc(Oc2cc3c4c(cc(Oc5cccc(C(C)C)c5)c5c6c(Oc7cccc(C(C)C)c7)cc7c8c(cc(Oc9cccc(C(C)C)c9)c(c2c45)c86)C(=O)N(C(C(=O)N2CCN(CCN(CC4CO4)CC4CO4)CC2)C(C)C)C7=O)C(=O)N(C(C(=O)N2CCN(CCN(CC4CO4)CC4CO4)CC2)C(C)C)C3=O)c1. The second-order valence-electron chi connectivity index (χ2n) is 35.0. The third-order valence-electron chi connectivity index (χ3n) is 24.6. The van der Waals surface area contributed by atoms with Crippen molar-refractivity contribution in [2.24, 2.45) is 11.8 Å². The van der Waals surface area contributed by atoms with Gasteiger partial charge in [-0.2, -0.15) is 0 Å². The lowest BCUT2D eigenvalue weighted by molar-refractivity contribution is -0.139. The summed E-state index contributed by atoms with van der Waals surface area (Å²) in [5.41, 5.74) is 4.27. The Morgan fingerprint density at radius 2 is 0.603 bits per heavy atom. The van der Waals surface area contributed by atoms with E-state index in [9.17, 15) is 0 Å². The molecule has 0 aliphatic carbocycles. The molecule has 0 radical (unpaired) electrons. The first-order valence-electron chi connectivity index (χ1n) is 42.1. The highest BCUT2D eigenvalue weighted by atomic mass is 16.6. The minimum Gasteiger partial charge on any atom is -0.457 e. The topological polar surface area (TPSA) is 215 Å². The Morgan fingerprint density at radius 3 is 0.828 bits per heavy atom. The number of fused-ring (bicyclic) bond motifs is 2. The number of amides is 6. The Labute approximate surface area is 679 Å². The lowest BCUT2D eigenvalue weighted by Crippen LogP contribution is -2.59. The molecular formula is C94H108N8O14. The second kappa shape index (κ2) is 32.4. The molecule has 8 heterocycles. The molecule has 22 heteroatoms. The van der Waals surface area contributed by atoms with E-state index in [4.69, 9.17) is 37.9 Å². The zero-order valence-corrected chi connectivity index (χ0v) is 68.9. The molecule has 9 aromatic rings. The lowest BCUT2D eigenvalue weighted by Gasteiger charge is -2.41. The molecule has 17 rings (SSSR count). The van der Waals surface area contributed by atoms with Gasteiger partial charge >= 0.3 is 0 Å². The quantitative estimate of drug-likeness (QED) is 0.0166. The molecule has 608 valence electrons. The monoisotopic (exact) mass is 1570 g/mol. The number of hydrogen-bond acceptors (Lipinski definition) is 18. The van der Waals surface area contributed by atoms with Gasteiger partial charge in [0.2, 0.25) is 11.8 Å². The van der Waals surface area contributed by atoms with Gasteiger partial charge in [-0.05, 0) is 131 Å². The van der Waals surface area contributed by atoms with Crippen LogP contribution in [0.5, 0.6) is 46.0 Å². The summed E-state index contributed by atoms with van der Waals surface area (Å²) in [6.45, 7) is 38.0. The molecule has 9 aromatic carbocycles. The van der Waals surface area contributed by atoms with Crippen molar-refractivity contribution < 1.29 is 66.7 Å². The van der Waals surface area contributed by atoms with Crippen molar-refractivity contribution in [3.05, 3.63) is 166 Å². The van der Waals surface area contributed by atoms with Gasteiger partial charge < -0.3 is 47.7 Å². The van der Waals surface area contributed by atoms with Gasteiger partial charge in [-0.25, -0.2) is 0 Å².